The summed E-state index contributed by atoms with van der Waals surface area (Å²) >= 11 is 0. The van der Waals surface area contributed by atoms with Gasteiger partial charge in [0.25, 0.3) is 5.91 Å². The van der Waals surface area contributed by atoms with Gasteiger partial charge in [-0.05, 0) is 29.8 Å². The van der Waals surface area contributed by atoms with Crippen LogP contribution in [0.5, 0.6) is 5.75 Å². The number of fused-ring (bicyclic) bond motifs is 1. The van der Waals surface area contributed by atoms with Gasteiger partial charge in [-0.2, -0.15) is 0 Å². The minimum absolute atomic E-state index is 0.0202. The lowest BCUT2D eigenvalue weighted by molar-refractivity contribution is -0.135. The number of benzene rings is 1. The molecule has 0 bridgehead atoms. The van der Waals surface area contributed by atoms with Gasteiger partial charge in [-0.15, -0.1) is 0 Å². The Morgan fingerprint density at radius 2 is 2.00 bits per heavy atom. The number of hydrogen-bond acceptors (Lipinski definition) is 4. The molecule has 3 heterocycles. The van der Waals surface area contributed by atoms with Crippen LogP contribution in [0.25, 0.3) is 6.08 Å². The number of amides is 1. The number of para-hydroxylation sites is 1. The molecule has 2 aromatic rings. The summed E-state index contributed by atoms with van der Waals surface area (Å²) in [5, 5.41) is 0. The number of carbonyl (C=O) groups excluding carboxylic acids is 1. The van der Waals surface area contributed by atoms with E-state index in [1.807, 2.05) is 47.4 Å². The Morgan fingerprint density at radius 3 is 2.88 bits per heavy atom. The molecule has 5 nitrogen and oxygen atoms in total. The van der Waals surface area contributed by atoms with Gasteiger partial charge in [0.1, 0.15) is 18.5 Å². The third-order valence-corrected chi connectivity index (χ3v) is 4.34. The molecule has 4 rings (SSSR count). The molecule has 2 aliphatic heterocycles. The van der Waals surface area contributed by atoms with E-state index in [4.69, 9.17) is 9.47 Å². The first-order valence-electron chi connectivity index (χ1n) is 8.04. The summed E-state index contributed by atoms with van der Waals surface area (Å²) in [5.41, 5.74) is 2.68. The average Bonchev–Trinajstić information content (AvgIpc) is 2.68. The van der Waals surface area contributed by atoms with Crippen LogP contribution in [0.4, 0.5) is 0 Å². The number of pyridine rings is 1. The van der Waals surface area contributed by atoms with E-state index in [1.165, 1.54) is 0 Å². The van der Waals surface area contributed by atoms with E-state index in [9.17, 15) is 4.79 Å². The standard InChI is InChI=1S/C19H18N2O3/c22-19(16-11-15-3-1-2-4-17(15)24-13-16)21-9-10-23-18(12-21)14-5-7-20-8-6-14/h1-8,11,18H,9-10,12-13H2/t18-/m0/s1. The van der Waals surface area contributed by atoms with Crippen molar-refractivity contribution >= 4 is 12.0 Å². The molecule has 122 valence electrons. The van der Waals surface area contributed by atoms with E-state index in [-0.39, 0.29) is 12.0 Å². The molecule has 1 aromatic heterocycles. The first kappa shape index (κ1) is 14.9. The van der Waals surface area contributed by atoms with Crippen molar-refractivity contribution in [2.75, 3.05) is 26.3 Å². The second-order valence-electron chi connectivity index (χ2n) is 5.89. The van der Waals surface area contributed by atoms with Gasteiger partial charge in [0.2, 0.25) is 0 Å². The van der Waals surface area contributed by atoms with Crippen molar-refractivity contribution in [2.24, 2.45) is 0 Å². The summed E-state index contributed by atoms with van der Waals surface area (Å²) in [5.74, 6) is 0.845. The summed E-state index contributed by atoms with van der Waals surface area (Å²) in [7, 11) is 0. The largest absolute Gasteiger partial charge is 0.488 e. The Balaban J connectivity index is 1.52. The molecule has 1 amide bonds. The molecule has 0 aliphatic carbocycles. The Hall–Kier alpha value is -2.66. The van der Waals surface area contributed by atoms with Gasteiger partial charge in [0, 0.05) is 24.5 Å². The van der Waals surface area contributed by atoms with Crippen molar-refractivity contribution in [3.63, 3.8) is 0 Å². The predicted octanol–water partition coefficient (Wildman–Crippen LogP) is 2.46. The fourth-order valence-electron chi connectivity index (χ4n) is 3.06. The molecular weight excluding hydrogens is 304 g/mol. The Kier molecular flexibility index (Phi) is 4.01. The highest BCUT2D eigenvalue weighted by molar-refractivity contribution is 5.99. The summed E-state index contributed by atoms with van der Waals surface area (Å²) in [6, 6.07) is 11.6. The van der Waals surface area contributed by atoms with Crippen molar-refractivity contribution in [1.29, 1.82) is 0 Å². The smallest absolute Gasteiger partial charge is 0.253 e. The van der Waals surface area contributed by atoms with Crippen molar-refractivity contribution in [3.05, 3.63) is 65.5 Å². The Labute approximate surface area is 140 Å². The highest BCUT2D eigenvalue weighted by Gasteiger charge is 2.28. The van der Waals surface area contributed by atoms with Gasteiger partial charge >= 0.3 is 0 Å². The van der Waals surface area contributed by atoms with Crippen molar-refractivity contribution in [3.8, 4) is 5.75 Å². The minimum Gasteiger partial charge on any atom is -0.488 e. The molecule has 0 spiro atoms. The molecule has 1 aromatic carbocycles. The minimum atomic E-state index is -0.108. The van der Waals surface area contributed by atoms with Gasteiger partial charge in [-0.1, -0.05) is 18.2 Å². The SMILES string of the molecule is O=C(C1=Cc2ccccc2OC1)N1CCO[C@H](c2ccncc2)C1. The Bertz CT molecular complexity index is 773. The first-order valence-corrected chi connectivity index (χ1v) is 8.04. The van der Waals surface area contributed by atoms with Crippen LogP contribution in [-0.4, -0.2) is 42.1 Å². The van der Waals surface area contributed by atoms with Crippen LogP contribution in [0.3, 0.4) is 0 Å². The van der Waals surface area contributed by atoms with E-state index in [0.29, 0.717) is 31.9 Å². The number of hydrogen-bond donors (Lipinski definition) is 0. The fraction of sp³-hybridized carbons (Fsp3) is 0.263. The normalized spacial score (nSPS) is 19.9. The van der Waals surface area contributed by atoms with Crippen LogP contribution in [0.15, 0.2) is 54.4 Å². The van der Waals surface area contributed by atoms with Crippen LogP contribution in [-0.2, 0) is 9.53 Å². The zero-order valence-electron chi connectivity index (χ0n) is 13.2. The number of rotatable bonds is 2. The molecule has 5 heteroatoms. The van der Waals surface area contributed by atoms with E-state index < -0.39 is 0 Å². The summed E-state index contributed by atoms with van der Waals surface area (Å²) in [6.45, 7) is 1.98. The highest BCUT2D eigenvalue weighted by Crippen LogP contribution is 2.28. The maximum atomic E-state index is 12.8. The van der Waals surface area contributed by atoms with Crippen LogP contribution in [0.2, 0.25) is 0 Å². The fourth-order valence-corrected chi connectivity index (χ4v) is 3.06. The van der Waals surface area contributed by atoms with Gasteiger partial charge in [0.05, 0.1) is 18.7 Å². The molecule has 1 saturated heterocycles. The van der Waals surface area contributed by atoms with Crippen molar-refractivity contribution < 1.29 is 14.3 Å². The van der Waals surface area contributed by atoms with Crippen LogP contribution in [0, 0.1) is 0 Å². The molecular formula is C19H18N2O3. The maximum absolute atomic E-state index is 12.8. The average molecular weight is 322 g/mol. The van der Waals surface area contributed by atoms with Gasteiger partial charge in [-0.3, -0.25) is 9.78 Å². The number of nitrogens with zero attached hydrogens (tertiary/aromatic N) is 2. The zero-order chi connectivity index (χ0) is 16.4. The number of ether oxygens (including phenoxy) is 2. The zero-order valence-corrected chi connectivity index (χ0v) is 13.2. The molecule has 0 N–H and O–H groups in total. The highest BCUT2D eigenvalue weighted by atomic mass is 16.5. The second-order valence-corrected chi connectivity index (χ2v) is 5.89. The molecule has 1 atom stereocenters. The quantitative estimate of drug-likeness (QED) is 0.852. The summed E-state index contributed by atoms with van der Waals surface area (Å²) in [4.78, 5) is 18.7. The second kappa shape index (κ2) is 6.45. The lowest BCUT2D eigenvalue weighted by Gasteiger charge is -2.34. The van der Waals surface area contributed by atoms with E-state index >= 15 is 0 Å². The topological polar surface area (TPSA) is 51.7 Å². The molecule has 2 aliphatic rings. The predicted molar refractivity (Wildman–Crippen MR) is 89.4 cm³/mol. The van der Waals surface area contributed by atoms with Crippen molar-refractivity contribution in [1.82, 2.24) is 9.88 Å². The monoisotopic (exact) mass is 322 g/mol. The third kappa shape index (κ3) is 2.90. The summed E-state index contributed by atoms with van der Waals surface area (Å²) < 4.78 is 11.5. The third-order valence-electron chi connectivity index (χ3n) is 4.34. The molecule has 0 unspecified atom stereocenters. The number of carbonyl (C=O) groups is 1. The molecule has 0 saturated carbocycles. The molecule has 1 fully saturated rings. The van der Waals surface area contributed by atoms with Gasteiger partial charge in [-0.25, -0.2) is 0 Å². The lowest BCUT2D eigenvalue weighted by atomic mass is 10.1. The van der Waals surface area contributed by atoms with Crippen LogP contribution < -0.4 is 4.74 Å². The first-order chi connectivity index (χ1) is 11.8. The summed E-state index contributed by atoms with van der Waals surface area (Å²) in [6.07, 6.45) is 5.31. The van der Waals surface area contributed by atoms with Gasteiger partial charge < -0.3 is 14.4 Å². The number of morpholine rings is 1. The number of aromatic nitrogens is 1. The van der Waals surface area contributed by atoms with Crippen LogP contribution >= 0.6 is 0 Å². The lowest BCUT2D eigenvalue weighted by Crippen LogP contribution is -2.43. The Morgan fingerprint density at radius 1 is 1.17 bits per heavy atom. The van der Waals surface area contributed by atoms with Crippen molar-refractivity contribution in [2.45, 2.75) is 6.10 Å². The maximum Gasteiger partial charge on any atom is 0.253 e. The van der Waals surface area contributed by atoms with Crippen LogP contribution in [0.1, 0.15) is 17.2 Å². The van der Waals surface area contributed by atoms with Gasteiger partial charge in [0.15, 0.2) is 0 Å². The molecule has 0 radical (unpaired) electrons. The van der Waals surface area contributed by atoms with E-state index in [1.54, 1.807) is 12.4 Å². The van der Waals surface area contributed by atoms with E-state index in [2.05, 4.69) is 4.98 Å². The molecule has 24 heavy (non-hydrogen) atoms. The van der Waals surface area contributed by atoms with E-state index in [0.717, 1.165) is 16.9 Å².